The number of hydrogen-bond donors (Lipinski definition) is 1. The fourth-order valence-electron chi connectivity index (χ4n) is 2.13. The first-order valence-electron chi connectivity index (χ1n) is 5.94. The first-order chi connectivity index (χ1) is 8.72. The van der Waals surface area contributed by atoms with Crippen LogP contribution < -0.4 is 4.74 Å². The molecule has 2 rings (SSSR count). The molecule has 1 aliphatic heterocycles. The molecule has 0 unspecified atom stereocenters. The summed E-state index contributed by atoms with van der Waals surface area (Å²) in [7, 11) is 1.57. The first-order valence-corrected chi connectivity index (χ1v) is 6.32. The van der Waals surface area contributed by atoms with Crippen molar-refractivity contribution in [1.29, 1.82) is 0 Å². The Morgan fingerprint density at radius 2 is 2.11 bits per heavy atom. The van der Waals surface area contributed by atoms with Crippen LogP contribution in [0.4, 0.5) is 0 Å². The lowest BCUT2D eigenvalue weighted by Gasteiger charge is -2.28. The number of aliphatic hydroxyl groups is 1. The van der Waals surface area contributed by atoms with Gasteiger partial charge in [-0.15, -0.1) is 0 Å². The Hall–Kier alpha value is -0.810. The Kier molecular flexibility index (Phi) is 4.45. The smallest absolute Gasteiger partial charge is 0.195 e. The topological polar surface area (TPSA) is 47.9 Å². The highest BCUT2D eigenvalue weighted by Gasteiger charge is 2.38. The predicted molar refractivity (Wildman–Crippen MR) is 67.9 cm³/mol. The summed E-state index contributed by atoms with van der Waals surface area (Å²) in [4.78, 5) is 0. The van der Waals surface area contributed by atoms with Crippen molar-refractivity contribution >= 4 is 11.6 Å². The summed E-state index contributed by atoms with van der Waals surface area (Å²) in [5.41, 5.74) is 0.860. The van der Waals surface area contributed by atoms with Crippen LogP contribution in [-0.4, -0.2) is 32.0 Å². The lowest BCUT2D eigenvalue weighted by atomic mass is 10.0. The lowest BCUT2D eigenvalue weighted by Crippen LogP contribution is -2.27. The summed E-state index contributed by atoms with van der Waals surface area (Å²) in [5.74, 6) is -0.158. The maximum atomic E-state index is 8.97. The third-order valence-electron chi connectivity index (χ3n) is 3.01. The van der Waals surface area contributed by atoms with Crippen molar-refractivity contribution in [2.24, 2.45) is 0 Å². The van der Waals surface area contributed by atoms with Crippen molar-refractivity contribution in [2.75, 3.05) is 26.9 Å². The van der Waals surface area contributed by atoms with Gasteiger partial charge in [-0.05, 0) is 24.6 Å². The van der Waals surface area contributed by atoms with Gasteiger partial charge in [-0.3, -0.25) is 0 Å². The third kappa shape index (κ3) is 2.62. The first kappa shape index (κ1) is 13.6. The lowest BCUT2D eigenvalue weighted by molar-refractivity contribution is -0.172. The highest BCUT2D eigenvalue weighted by atomic mass is 35.5. The van der Waals surface area contributed by atoms with E-state index in [1.54, 1.807) is 19.2 Å². The van der Waals surface area contributed by atoms with E-state index in [4.69, 9.17) is 30.9 Å². The molecule has 0 radical (unpaired) electrons. The molecule has 5 heteroatoms. The molecule has 1 aliphatic rings. The molecule has 0 bridgehead atoms. The highest BCUT2D eigenvalue weighted by molar-refractivity contribution is 6.32. The summed E-state index contributed by atoms with van der Waals surface area (Å²) in [6, 6.07) is 5.47. The minimum Gasteiger partial charge on any atom is -0.495 e. The molecule has 1 fully saturated rings. The summed E-state index contributed by atoms with van der Waals surface area (Å²) >= 11 is 6.12. The van der Waals surface area contributed by atoms with E-state index in [1.807, 2.05) is 6.07 Å². The molecule has 0 aliphatic carbocycles. The van der Waals surface area contributed by atoms with Crippen LogP contribution in [0.1, 0.15) is 18.4 Å². The number of aliphatic hydroxyl groups excluding tert-OH is 1. The van der Waals surface area contributed by atoms with Gasteiger partial charge in [-0.1, -0.05) is 11.6 Å². The van der Waals surface area contributed by atoms with Crippen LogP contribution >= 0.6 is 11.6 Å². The summed E-state index contributed by atoms with van der Waals surface area (Å²) in [5, 5.41) is 9.49. The van der Waals surface area contributed by atoms with Gasteiger partial charge in [0.2, 0.25) is 0 Å². The van der Waals surface area contributed by atoms with Gasteiger partial charge in [0, 0.05) is 18.6 Å². The largest absolute Gasteiger partial charge is 0.495 e. The Morgan fingerprint density at radius 3 is 2.67 bits per heavy atom. The van der Waals surface area contributed by atoms with Crippen LogP contribution in [0, 0.1) is 0 Å². The highest BCUT2D eigenvalue weighted by Crippen LogP contribution is 2.38. The van der Waals surface area contributed by atoms with Gasteiger partial charge in [0.15, 0.2) is 5.79 Å². The fourth-order valence-corrected chi connectivity index (χ4v) is 2.38. The molecule has 0 saturated carbocycles. The minimum absolute atomic E-state index is 0.109. The van der Waals surface area contributed by atoms with E-state index >= 15 is 0 Å². The molecular weight excluding hydrogens is 256 g/mol. The predicted octanol–water partition coefficient (Wildman–Crippen LogP) is 2.32. The Balaban J connectivity index is 2.28. The molecule has 1 aromatic carbocycles. The average Bonchev–Trinajstić information content (AvgIpc) is 2.86. The zero-order chi connectivity index (χ0) is 13.0. The van der Waals surface area contributed by atoms with Gasteiger partial charge in [0.05, 0.1) is 25.3 Å². The molecule has 0 amide bonds. The van der Waals surface area contributed by atoms with Crippen LogP contribution in [-0.2, 0) is 15.3 Å². The van der Waals surface area contributed by atoms with E-state index < -0.39 is 5.79 Å². The molecule has 18 heavy (non-hydrogen) atoms. The maximum Gasteiger partial charge on any atom is 0.195 e. The monoisotopic (exact) mass is 272 g/mol. The number of methoxy groups -OCH3 is 1. The van der Waals surface area contributed by atoms with Crippen LogP contribution in [0.3, 0.4) is 0 Å². The van der Waals surface area contributed by atoms with Crippen molar-refractivity contribution in [3.63, 3.8) is 0 Å². The zero-order valence-corrected chi connectivity index (χ0v) is 11.1. The molecule has 1 aromatic rings. The molecule has 0 spiro atoms. The zero-order valence-electron chi connectivity index (χ0n) is 10.3. The Morgan fingerprint density at radius 1 is 1.39 bits per heavy atom. The van der Waals surface area contributed by atoms with Crippen LogP contribution in [0.2, 0.25) is 5.02 Å². The molecule has 0 atom stereocenters. The van der Waals surface area contributed by atoms with Crippen LogP contribution in [0.25, 0.3) is 0 Å². The Bertz CT molecular complexity index is 402. The van der Waals surface area contributed by atoms with Crippen molar-refractivity contribution in [2.45, 2.75) is 18.6 Å². The second-order valence-electron chi connectivity index (χ2n) is 4.13. The van der Waals surface area contributed by atoms with E-state index in [1.165, 1.54) is 0 Å². The maximum absolute atomic E-state index is 8.97. The van der Waals surface area contributed by atoms with Crippen molar-refractivity contribution < 1.29 is 19.3 Å². The van der Waals surface area contributed by atoms with Crippen molar-refractivity contribution in [3.05, 3.63) is 28.8 Å². The number of ether oxygens (including phenoxy) is 3. The standard InChI is InChI=1S/C13H17ClO4/c1-16-12-4-3-10(9-11(12)14)13(5-2-6-15)17-7-8-18-13/h3-4,9,15H,2,5-8H2,1H3. The van der Waals surface area contributed by atoms with E-state index in [2.05, 4.69) is 0 Å². The van der Waals surface area contributed by atoms with Crippen molar-refractivity contribution in [3.8, 4) is 5.75 Å². The third-order valence-corrected chi connectivity index (χ3v) is 3.30. The van der Waals surface area contributed by atoms with E-state index in [0.29, 0.717) is 36.8 Å². The van der Waals surface area contributed by atoms with Gasteiger partial charge in [-0.25, -0.2) is 0 Å². The molecule has 1 N–H and O–H groups in total. The van der Waals surface area contributed by atoms with Crippen molar-refractivity contribution in [1.82, 2.24) is 0 Å². The van der Waals surface area contributed by atoms with Gasteiger partial charge in [0.1, 0.15) is 5.75 Å². The van der Waals surface area contributed by atoms with Crippen LogP contribution in [0.5, 0.6) is 5.75 Å². The molecule has 1 saturated heterocycles. The van der Waals surface area contributed by atoms with Gasteiger partial charge >= 0.3 is 0 Å². The second kappa shape index (κ2) is 5.89. The van der Waals surface area contributed by atoms with Crippen LogP contribution in [0.15, 0.2) is 18.2 Å². The number of halogens is 1. The summed E-state index contributed by atoms with van der Waals surface area (Å²) in [6.45, 7) is 1.21. The summed E-state index contributed by atoms with van der Waals surface area (Å²) in [6.07, 6.45) is 1.22. The molecular formula is C13H17ClO4. The molecule has 4 nitrogen and oxygen atoms in total. The number of rotatable bonds is 5. The molecule has 0 aromatic heterocycles. The van der Waals surface area contributed by atoms with Gasteiger partial charge in [0.25, 0.3) is 0 Å². The fraction of sp³-hybridized carbons (Fsp3) is 0.538. The average molecular weight is 273 g/mol. The quantitative estimate of drug-likeness (QED) is 0.894. The Labute approximate surface area is 111 Å². The van der Waals surface area contributed by atoms with Gasteiger partial charge < -0.3 is 19.3 Å². The second-order valence-corrected chi connectivity index (χ2v) is 4.53. The summed E-state index contributed by atoms with van der Waals surface area (Å²) < 4.78 is 16.6. The van der Waals surface area contributed by atoms with E-state index in [9.17, 15) is 0 Å². The number of benzene rings is 1. The van der Waals surface area contributed by atoms with Gasteiger partial charge in [-0.2, -0.15) is 0 Å². The minimum atomic E-state index is -0.779. The van der Waals surface area contributed by atoms with E-state index in [0.717, 1.165) is 5.56 Å². The van der Waals surface area contributed by atoms with E-state index in [-0.39, 0.29) is 6.61 Å². The normalized spacial score (nSPS) is 17.9. The number of hydrogen-bond acceptors (Lipinski definition) is 4. The SMILES string of the molecule is COc1ccc(C2(CCCO)OCCO2)cc1Cl. The molecule has 100 valence electrons. The molecule has 1 heterocycles.